The number of hydrogen-bond donors (Lipinski definition) is 0. The lowest BCUT2D eigenvalue weighted by atomic mass is 10.1. The topological polar surface area (TPSA) is 29.5 Å². The predicted molar refractivity (Wildman–Crippen MR) is 79.8 cm³/mol. The molecule has 4 heteroatoms. The van der Waals surface area contributed by atoms with Crippen molar-refractivity contribution in [2.45, 2.75) is 19.4 Å². The van der Waals surface area contributed by atoms with Gasteiger partial charge >= 0.3 is 6.09 Å². The van der Waals surface area contributed by atoms with Crippen molar-refractivity contribution in [3.8, 4) is 0 Å². The molecule has 18 heavy (non-hydrogen) atoms. The van der Waals surface area contributed by atoms with Crippen LogP contribution in [0.3, 0.4) is 0 Å². The van der Waals surface area contributed by atoms with Gasteiger partial charge in [-0.1, -0.05) is 52.9 Å². The van der Waals surface area contributed by atoms with Gasteiger partial charge in [-0.2, -0.15) is 0 Å². The van der Waals surface area contributed by atoms with Crippen LogP contribution in [-0.2, 0) is 11.3 Å². The zero-order valence-corrected chi connectivity index (χ0v) is 12.5. The minimum atomic E-state index is -0.171. The molecule has 1 aromatic rings. The first-order valence-corrected chi connectivity index (χ1v) is 7.83. The van der Waals surface area contributed by atoms with Crippen molar-refractivity contribution >= 4 is 28.7 Å². The van der Waals surface area contributed by atoms with Gasteiger partial charge in [0.15, 0.2) is 0 Å². The molecule has 1 saturated heterocycles. The van der Waals surface area contributed by atoms with Crippen LogP contribution >= 0.6 is 22.6 Å². The summed E-state index contributed by atoms with van der Waals surface area (Å²) < 4.78 is 6.49. The van der Waals surface area contributed by atoms with E-state index in [1.54, 1.807) is 0 Å². The summed E-state index contributed by atoms with van der Waals surface area (Å²) in [5, 5.41) is 0. The van der Waals surface area contributed by atoms with Gasteiger partial charge in [-0.05, 0) is 28.8 Å². The van der Waals surface area contributed by atoms with Crippen LogP contribution in [0, 0.1) is 5.92 Å². The smallest absolute Gasteiger partial charge is 0.410 e. The Hall–Kier alpha value is -0.780. The summed E-state index contributed by atoms with van der Waals surface area (Å²) >= 11 is 2.39. The summed E-state index contributed by atoms with van der Waals surface area (Å²) in [6.45, 7) is 2.07. The zero-order chi connectivity index (χ0) is 12.8. The highest BCUT2D eigenvalue weighted by atomic mass is 127. The lowest BCUT2D eigenvalue weighted by Crippen LogP contribution is -2.29. The first kappa shape index (κ1) is 13.6. The maximum atomic E-state index is 11.9. The second kappa shape index (κ2) is 6.97. The normalized spacial score (nSPS) is 18.9. The maximum Gasteiger partial charge on any atom is 0.410 e. The number of hydrogen-bond acceptors (Lipinski definition) is 2. The Morgan fingerprint density at radius 2 is 2.17 bits per heavy atom. The molecule has 0 bridgehead atoms. The molecule has 0 unspecified atom stereocenters. The van der Waals surface area contributed by atoms with Gasteiger partial charge in [-0.3, -0.25) is 0 Å². The van der Waals surface area contributed by atoms with Gasteiger partial charge in [0.2, 0.25) is 0 Å². The van der Waals surface area contributed by atoms with Crippen LogP contribution in [0.2, 0.25) is 0 Å². The molecule has 0 aromatic heterocycles. The number of alkyl halides is 1. The van der Waals surface area contributed by atoms with Gasteiger partial charge in [-0.15, -0.1) is 0 Å². The van der Waals surface area contributed by atoms with Crippen LogP contribution in [0.1, 0.15) is 18.4 Å². The molecular weight excluding hydrogens is 341 g/mol. The van der Waals surface area contributed by atoms with Crippen LogP contribution in [0.25, 0.3) is 0 Å². The van der Waals surface area contributed by atoms with E-state index in [0.717, 1.165) is 29.5 Å². The van der Waals surface area contributed by atoms with Crippen LogP contribution < -0.4 is 0 Å². The minimum Gasteiger partial charge on any atom is -0.445 e. The van der Waals surface area contributed by atoms with E-state index in [4.69, 9.17) is 4.74 Å². The van der Waals surface area contributed by atoms with Gasteiger partial charge in [0.25, 0.3) is 0 Å². The standard InChI is InChI=1S/C14H18INO2/c15-8-6-12-7-9-16(10-12)14(17)18-11-13-4-2-1-3-5-13/h1-5,12H,6-11H2/t12-/m0/s1. The highest BCUT2D eigenvalue weighted by Crippen LogP contribution is 2.21. The molecule has 1 aliphatic rings. The summed E-state index contributed by atoms with van der Waals surface area (Å²) in [4.78, 5) is 13.7. The number of carbonyl (C=O) groups excluding carboxylic acids is 1. The molecule has 1 aromatic carbocycles. The molecule has 2 rings (SSSR count). The van der Waals surface area contributed by atoms with Crippen molar-refractivity contribution < 1.29 is 9.53 Å². The SMILES string of the molecule is O=C(OCc1ccccc1)N1CC[C@H](CCI)C1. The number of ether oxygens (including phenoxy) is 1. The van der Waals surface area contributed by atoms with Crippen LogP contribution in [0.15, 0.2) is 30.3 Å². The Morgan fingerprint density at radius 3 is 2.89 bits per heavy atom. The molecule has 1 heterocycles. The van der Waals surface area contributed by atoms with Gasteiger partial charge in [0, 0.05) is 13.1 Å². The van der Waals surface area contributed by atoms with E-state index in [0.29, 0.717) is 12.5 Å². The van der Waals surface area contributed by atoms with Gasteiger partial charge < -0.3 is 9.64 Å². The third-order valence-electron chi connectivity index (χ3n) is 3.27. The molecule has 98 valence electrons. The monoisotopic (exact) mass is 359 g/mol. The summed E-state index contributed by atoms with van der Waals surface area (Å²) in [6.07, 6.45) is 2.14. The van der Waals surface area contributed by atoms with Crippen molar-refractivity contribution in [2.75, 3.05) is 17.5 Å². The second-order valence-electron chi connectivity index (χ2n) is 4.62. The van der Waals surface area contributed by atoms with E-state index in [2.05, 4.69) is 22.6 Å². The zero-order valence-electron chi connectivity index (χ0n) is 10.3. The third-order valence-corrected chi connectivity index (χ3v) is 3.89. The number of carbonyl (C=O) groups is 1. The van der Waals surface area contributed by atoms with E-state index in [-0.39, 0.29) is 6.09 Å². The highest BCUT2D eigenvalue weighted by molar-refractivity contribution is 14.1. The van der Waals surface area contributed by atoms with Crippen molar-refractivity contribution in [2.24, 2.45) is 5.92 Å². The quantitative estimate of drug-likeness (QED) is 0.609. The van der Waals surface area contributed by atoms with Crippen molar-refractivity contribution in [3.63, 3.8) is 0 Å². The molecule has 1 fully saturated rings. The fourth-order valence-electron chi connectivity index (χ4n) is 2.20. The second-order valence-corrected chi connectivity index (χ2v) is 5.70. The van der Waals surface area contributed by atoms with Crippen molar-refractivity contribution in [1.82, 2.24) is 4.90 Å². The Morgan fingerprint density at radius 1 is 1.39 bits per heavy atom. The van der Waals surface area contributed by atoms with E-state index >= 15 is 0 Å². The molecule has 0 N–H and O–H groups in total. The Balaban J connectivity index is 1.76. The molecule has 3 nitrogen and oxygen atoms in total. The number of likely N-dealkylation sites (tertiary alicyclic amines) is 1. The first-order valence-electron chi connectivity index (χ1n) is 6.31. The number of nitrogens with zero attached hydrogens (tertiary/aromatic N) is 1. The summed E-state index contributed by atoms with van der Waals surface area (Å²) in [7, 11) is 0. The highest BCUT2D eigenvalue weighted by Gasteiger charge is 2.26. The average Bonchev–Trinajstić information content (AvgIpc) is 2.86. The third kappa shape index (κ3) is 3.86. The van der Waals surface area contributed by atoms with Crippen LogP contribution in [0.4, 0.5) is 4.79 Å². The van der Waals surface area contributed by atoms with E-state index in [1.807, 2.05) is 35.2 Å². The van der Waals surface area contributed by atoms with Crippen molar-refractivity contribution in [3.05, 3.63) is 35.9 Å². The van der Waals surface area contributed by atoms with E-state index < -0.39 is 0 Å². The van der Waals surface area contributed by atoms with Crippen LogP contribution in [-0.4, -0.2) is 28.5 Å². The largest absolute Gasteiger partial charge is 0.445 e. The molecule has 1 atom stereocenters. The summed E-state index contributed by atoms with van der Waals surface area (Å²) in [5.41, 5.74) is 1.04. The predicted octanol–water partition coefficient (Wildman–Crippen LogP) is 3.47. The van der Waals surface area contributed by atoms with Gasteiger partial charge in [0.1, 0.15) is 6.61 Å². The first-order chi connectivity index (χ1) is 8.79. The molecular formula is C14H18INO2. The van der Waals surface area contributed by atoms with Crippen LogP contribution in [0.5, 0.6) is 0 Å². The van der Waals surface area contributed by atoms with Gasteiger partial charge in [-0.25, -0.2) is 4.79 Å². The summed E-state index contributed by atoms with van der Waals surface area (Å²) in [6, 6.07) is 9.80. The molecule has 0 radical (unpaired) electrons. The Kier molecular flexibility index (Phi) is 5.28. The van der Waals surface area contributed by atoms with Crippen molar-refractivity contribution in [1.29, 1.82) is 0 Å². The molecule has 0 saturated carbocycles. The lowest BCUT2D eigenvalue weighted by molar-refractivity contribution is 0.103. The number of amides is 1. The maximum absolute atomic E-state index is 11.9. The number of benzene rings is 1. The Bertz CT molecular complexity index is 383. The fraction of sp³-hybridized carbons (Fsp3) is 0.500. The Labute approximate surface area is 122 Å². The number of rotatable bonds is 4. The molecule has 0 spiro atoms. The fourth-order valence-corrected chi connectivity index (χ4v) is 3.08. The average molecular weight is 359 g/mol. The molecule has 1 aliphatic heterocycles. The molecule has 1 amide bonds. The molecule has 0 aliphatic carbocycles. The van der Waals surface area contributed by atoms with E-state index in [1.165, 1.54) is 6.42 Å². The van der Waals surface area contributed by atoms with E-state index in [9.17, 15) is 4.79 Å². The minimum absolute atomic E-state index is 0.171. The number of halogens is 1. The summed E-state index contributed by atoms with van der Waals surface area (Å²) in [5.74, 6) is 0.658. The lowest BCUT2D eigenvalue weighted by Gasteiger charge is -2.16. The van der Waals surface area contributed by atoms with Gasteiger partial charge in [0.05, 0.1) is 0 Å².